The van der Waals surface area contributed by atoms with E-state index in [1.165, 1.54) is 23.4 Å². The third-order valence-electron chi connectivity index (χ3n) is 5.14. The first-order valence-electron chi connectivity index (χ1n) is 10.4. The average molecular weight is 462 g/mol. The summed E-state index contributed by atoms with van der Waals surface area (Å²) in [5, 5.41) is 0. The number of ether oxygens (including phenoxy) is 3. The third kappa shape index (κ3) is 5.35. The summed E-state index contributed by atoms with van der Waals surface area (Å²) in [6, 6.07) is 9.42. The molecule has 0 aliphatic carbocycles. The highest BCUT2D eigenvalue weighted by Gasteiger charge is 2.28. The first-order valence-corrected chi connectivity index (χ1v) is 11.8. The normalized spacial score (nSPS) is 14.7. The Morgan fingerprint density at radius 2 is 1.75 bits per heavy atom. The van der Waals surface area contributed by atoms with Crippen molar-refractivity contribution in [3.63, 3.8) is 0 Å². The van der Waals surface area contributed by atoms with E-state index in [9.17, 15) is 18.0 Å². The predicted octanol–water partition coefficient (Wildman–Crippen LogP) is 2.97. The molecule has 3 rings (SSSR count). The number of morpholine rings is 1. The molecule has 2 aromatic rings. The lowest BCUT2D eigenvalue weighted by molar-refractivity contribution is 0.0469. The smallest absolute Gasteiger partial charge is 0.338 e. The molecule has 1 aliphatic rings. The van der Waals surface area contributed by atoms with Crippen LogP contribution in [0.3, 0.4) is 0 Å². The Balaban J connectivity index is 1.81. The van der Waals surface area contributed by atoms with E-state index in [1.54, 1.807) is 31.2 Å². The maximum absolute atomic E-state index is 13.0. The average Bonchev–Trinajstić information content (AvgIpc) is 2.79. The first kappa shape index (κ1) is 23.9. The summed E-state index contributed by atoms with van der Waals surface area (Å²) in [6.45, 7) is 6.47. The number of hydrogen-bond acceptors (Lipinski definition) is 7. The van der Waals surface area contributed by atoms with Crippen LogP contribution < -0.4 is 4.74 Å². The number of aryl methyl sites for hydroxylation is 1. The molecule has 0 radical (unpaired) electrons. The molecule has 0 spiro atoms. The van der Waals surface area contributed by atoms with E-state index < -0.39 is 16.0 Å². The molecule has 1 saturated heterocycles. The minimum absolute atomic E-state index is 0.0717. The molecule has 2 aromatic carbocycles. The van der Waals surface area contributed by atoms with Gasteiger partial charge >= 0.3 is 5.97 Å². The van der Waals surface area contributed by atoms with Gasteiger partial charge in [0.2, 0.25) is 10.0 Å². The van der Waals surface area contributed by atoms with Crippen molar-refractivity contribution in [3.05, 3.63) is 58.7 Å². The second-order valence-electron chi connectivity index (χ2n) is 7.38. The SMILES string of the molecule is CCOc1ccc(C(C)=O)cc1COC(=O)c1ccc(C)c(S(=O)(=O)N2CCOCC2)c1. The molecule has 0 atom stereocenters. The van der Waals surface area contributed by atoms with Crippen LogP contribution in [-0.4, -0.2) is 57.4 Å². The molecule has 1 fully saturated rings. The molecular weight excluding hydrogens is 434 g/mol. The van der Waals surface area contributed by atoms with E-state index >= 15 is 0 Å². The van der Waals surface area contributed by atoms with E-state index in [1.807, 2.05) is 6.92 Å². The van der Waals surface area contributed by atoms with Crippen LogP contribution in [0.2, 0.25) is 0 Å². The van der Waals surface area contributed by atoms with Gasteiger partial charge in [0, 0.05) is 24.2 Å². The molecule has 32 heavy (non-hydrogen) atoms. The van der Waals surface area contributed by atoms with E-state index in [2.05, 4.69) is 0 Å². The van der Waals surface area contributed by atoms with E-state index in [0.29, 0.717) is 42.3 Å². The van der Waals surface area contributed by atoms with Crippen LogP contribution in [0, 0.1) is 6.92 Å². The molecule has 0 N–H and O–H groups in total. The maximum Gasteiger partial charge on any atom is 0.338 e. The van der Waals surface area contributed by atoms with Crippen molar-refractivity contribution in [2.24, 2.45) is 0 Å². The largest absolute Gasteiger partial charge is 0.493 e. The number of hydrogen-bond donors (Lipinski definition) is 0. The van der Waals surface area contributed by atoms with Gasteiger partial charge in [0.1, 0.15) is 12.4 Å². The predicted molar refractivity (Wildman–Crippen MR) is 117 cm³/mol. The van der Waals surface area contributed by atoms with Crippen LogP contribution in [0.15, 0.2) is 41.3 Å². The van der Waals surface area contributed by atoms with Gasteiger partial charge in [-0.2, -0.15) is 4.31 Å². The number of esters is 1. The zero-order valence-corrected chi connectivity index (χ0v) is 19.2. The highest BCUT2D eigenvalue weighted by molar-refractivity contribution is 7.89. The van der Waals surface area contributed by atoms with Crippen LogP contribution in [0.5, 0.6) is 5.75 Å². The fraction of sp³-hybridized carbons (Fsp3) is 0.391. The van der Waals surface area contributed by atoms with Crippen molar-refractivity contribution in [2.75, 3.05) is 32.9 Å². The van der Waals surface area contributed by atoms with Gasteiger partial charge in [-0.25, -0.2) is 13.2 Å². The second-order valence-corrected chi connectivity index (χ2v) is 9.29. The fourth-order valence-corrected chi connectivity index (χ4v) is 5.02. The van der Waals surface area contributed by atoms with Gasteiger partial charge < -0.3 is 14.2 Å². The van der Waals surface area contributed by atoms with Crippen molar-refractivity contribution < 1.29 is 32.2 Å². The van der Waals surface area contributed by atoms with E-state index in [-0.39, 0.29) is 35.9 Å². The lowest BCUT2D eigenvalue weighted by Gasteiger charge is -2.26. The Hall–Kier alpha value is -2.75. The monoisotopic (exact) mass is 461 g/mol. The lowest BCUT2D eigenvalue weighted by atomic mass is 10.1. The maximum atomic E-state index is 13.0. The summed E-state index contributed by atoms with van der Waals surface area (Å²) in [5.74, 6) is -0.263. The van der Waals surface area contributed by atoms with Gasteiger partial charge in [0.25, 0.3) is 0 Å². The summed E-state index contributed by atoms with van der Waals surface area (Å²) < 4.78 is 43.7. The molecule has 0 unspecified atom stereocenters. The van der Waals surface area contributed by atoms with Gasteiger partial charge in [0.15, 0.2) is 5.78 Å². The molecule has 1 aliphatic heterocycles. The molecule has 172 valence electrons. The van der Waals surface area contributed by atoms with E-state index in [0.717, 1.165) is 0 Å². The van der Waals surface area contributed by atoms with Crippen LogP contribution in [0.4, 0.5) is 0 Å². The number of benzene rings is 2. The number of carbonyl (C=O) groups is 2. The Labute approximate surface area is 188 Å². The Bertz CT molecular complexity index is 1110. The number of Topliss-reactive ketones (excluding diaryl/α,β-unsaturated/α-hetero) is 1. The van der Waals surface area contributed by atoms with Crippen molar-refractivity contribution >= 4 is 21.8 Å². The minimum atomic E-state index is -3.76. The highest BCUT2D eigenvalue weighted by atomic mass is 32.2. The summed E-state index contributed by atoms with van der Waals surface area (Å²) in [7, 11) is -3.76. The minimum Gasteiger partial charge on any atom is -0.493 e. The van der Waals surface area contributed by atoms with Crippen molar-refractivity contribution in [1.29, 1.82) is 0 Å². The molecule has 0 saturated carbocycles. The number of carbonyl (C=O) groups excluding carboxylic acids is 2. The Morgan fingerprint density at radius 1 is 1.06 bits per heavy atom. The van der Waals surface area contributed by atoms with Gasteiger partial charge in [0.05, 0.1) is 30.3 Å². The number of ketones is 1. The summed E-state index contributed by atoms with van der Waals surface area (Å²) >= 11 is 0. The molecule has 0 aromatic heterocycles. The van der Waals surface area contributed by atoms with Crippen LogP contribution >= 0.6 is 0 Å². The second kappa shape index (κ2) is 10.2. The zero-order valence-electron chi connectivity index (χ0n) is 18.4. The standard InChI is InChI=1S/C23H27NO7S/c1-4-30-21-8-7-18(17(3)25)13-20(21)15-31-23(26)19-6-5-16(2)22(14-19)32(27,28)24-9-11-29-12-10-24/h5-8,13-14H,4,9-12,15H2,1-3H3. The molecule has 9 heteroatoms. The first-order chi connectivity index (χ1) is 15.2. The van der Waals surface area contributed by atoms with E-state index in [4.69, 9.17) is 14.2 Å². The summed E-state index contributed by atoms with van der Waals surface area (Å²) in [6.07, 6.45) is 0. The third-order valence-corrected chi connectivity index (χ3v) is 7.18. The van der Waals surface area contributed by atoms with Crippen molar-refractivity contribution in [2.45, 2.75) is 32.3 Å². The van der Waals surface area contributed by atoms with Gasteiger partial charge in [-0.1, -0.05) is 6.07 Å². The molecule has 0 bridgehead atoms. The zero-order chi connectivity index (χ0) is 23.3. The van der Waals surface area contributed by atoms with Gasteiger partial charge in [-0.15, -0.1) is 0 Å². The Kier molecular flexibility index (Phi) is 7.65. The number of nitrogens with zero attached hydrogens (tertiary/aromatic N) is 1. The van der Waals surface area contributed by atoms with Crippen molar-refractivity contribution in [3.8, 4) is 5.75 Å². The molecule has 0 amide bonds. The highest BCUT2D eigenvalue weighted by Crippen LogP contribution is 2.25. The Morgan fingerprint density at radius 3 is 2.41 bits per heavy atom. The molecule has 1 heterocycles. The summed E-state index contributed by atoms with van der Waals surface area (Å²) in [4.78, 5) is 24.5. The number of sulfonamides is 1. The van der Waals surface area contributed by atoms with Crippen molar-refractivity contribution in [1.82, 2.24) is 4.31 Å². The topological polar surface area (TPSA) is 99.2 Å². The summed E-state index contributed by atoms with van der Waals surface area (Å²) in [5.41, 5.74) is 1.71. The molecular formula is C23H27NO7S. The van der Waals surface area contributed by atoms with Crippen LogP contribution in [-0.2, 0) is 26.1 Å². The van der Waals surface area contributed by atoms with Gasteiger partial charge in [-0.05, 0) is 56.7 Å². The lowest BCUT2D eigenvalue weighted by Crippen LogP contribution is -2.40. The van der Waals surface area contributed by atoms with Crippen LogP contribution in [0.25, 0.3) is 0 Å². The molecule has 8 nitrogen and oxygen atoms in total. The number of rotatable bonds is 8. The fourth-order valence-electron chi connectivity index (χ4n) is 3.37. The quantitative estimate of drug-likeness (QED) is 0.440. The van der Waals surface area contributed by atoms with Gasteiger partial charge in [-0.3, -0.25) is 4.79 Å². The van der Waals surface area contributed by atoms with Crippen LogP contribution in [0.1, 0.15) is 45.7 Å².